The zero-order valence-electron chi connectivity index (χ0n) is 12.3. The Morgan fingerprint density at radius 2 is 1.95 bits per heavy atom. The van der Waals surface area contributed by atoms with Gasteiger partial charge in [0.15, 0.2) is 6.10 Å². The summed E-state index contributed by atoms with van der Waals surface area (Å²) in [5.74, 6) is -0.0517. The maximum absolute atomic E-state index is 11.8. The van der Waals surface area contributed by atoms with E-state index < -0.39 is 22.6 Å². The Balaban J connectivity index is 2.78. The Morgan fingerprint density at radius 1 is 1.35 bits per heavy atom. The summed E-state index contributed by atoms with van der Waals surface area (Å²) in [4.78, 5) is 22.0. The summed E-state index contributed by atoms with van der Waals surface area (Å²) in [5, 5.41) is 10.6. The second-order valence-electron chi connectivity index (χ2n) is 5.50. The number of benzene rings is 1. The number of nitro groups is 1. The number of carbonyl (C=O) groups excluding carboxylic acids is 1. The van der Waals surface area contributed by atoms with E-state index >= 15 is 0 Å². The van der Waals surface area contributed by atoms with E-state index in [1.165, 1.54) is 18.2 Å². The third-order valence-electron chi connectivity index (χ3n) is 2.41. The van der Waals surface area contributed by atoms with Gasteiger partial charge in [-0.15, -0.1) is 0 Å². The van der Waals surface area contributed by atoms with Crippen molar-refractivity contribution in [3.05, 3.63) is 33.9 Å². The summed E-state index contributed by atoms with van der Waals surface area (Å²) < 4.78 is 10.7. The summed E-state index contributed by atoms with van der Waals surface area (Å²) >= 11 is 0. The molecule has 20 heavy (non-hydrogen) atoms. The molecular weight excluding hydrogens is 262 g/mol. The highest BCUT2D eigenvalue weighted by Gasteiger charge is 2.23. The van der Waals surface area contributed by atoms with E-state index in [0.717, 1.165) is 0 Å². The van der Waals surface area contributed by atoms with E-state index in [9.17, 15) is 14.9 Å². The number of aryl methyl sites for hydroxylation is 1. The Bertz CT molecular complexity index is 519. The first-order valence-electron chi connectivity index (χ1n) is 6.25. The van der Waals surface area contributed by atoms with Crippen LogP contribution >= 0.6 is 0 Å². The number of rotatable bonds is 4. The molecule has 1 aromatic carbocycles. The van der Waals surface area contributed by atoms with Crippen molar-refractivity contribution in [2.45, 2.75) is 46.3 Å². The number of nitrogens with zero attached hydrogens (tertiary/aromatic N) is 1. The van der Waals surface area contributed by atoms with Crippen molar-refractivity contribution >= 4 is 11.7 Å². The van der Waals surface area contributed by atoms with Gasteiger partial charge in [-0.05, 0) is 46.2 Å². The van der Waals surface area contributed by atoms with Crippen LogP contribution in [-0.2, 0) is 9.53 Å². The minimum atomic E-state index is -0.783. The zero-order valence-corrected chi connectivity index (χ0v) is 12.3. The molecule has 6 heteroatoms. The van der Waals surface area contributed by atoms with E-state index in [2.05, 4.69) is 0 Å². The van der Waals surface area contributed by atoms with Gasteiger partial charge in [-0.3, -0.25) is 10.1 Å². The van der Waals surface area contributed by atoms with Gasteiger partial charge >= 0.3 is 5.97 Å². The van der Waals surface area contributed by atoms with E-state index in [-0.39, 0.29) is 5.69 Å². The van der Waals surface area contributed by atoms with Gasteiger partial charge in [0.2, 0.25) is 0 Å². The lowest BCUT2D eigenvalue weighted by atomic mass is 10.2. The highest BCUT2D eigenvalue weighted by Crippen LogP contribution is 2.24. The van der Waals surface area contributed by atoms with Crippen LogP contribution in [0.1, 0.15) is 33.3 Å². The van der Waals surface area contributed by atoms with E-state index in [0.29, 0.717) is 11.3 Å². The summed E-state index contributed by atoms with van der Waals surface area (Å²) in [6.45, 7) is 8.58. The number of non-ortho nitro benzene ring substituents is 1. The van der Waals surface area contributed by atoms with Crippen LogP contribution in [-0.4, -0.2) is 22.6 Å². The first-order chi connectivity index (χ1) is 9.10. The predicted octanol–water partition coefficient (Wildman–Crippen LogP) is 3.01. The van der Waals surface area contributed by atoms with Crippen molar-refractivity contribution in [3.63, 3.8) is 0 Å². The molecule has 0 heterocycles. The van der Waals surface area contributed by atoms with Crippen LogP contribution < -0.4 is 4.74 Å². The quantitative estimate of drug-likeness (QED) is 0.481. The monoisotopic (exact) mass is 281 g/mol. The second-order valence-corrected chi connectivity index (χ2v) is 5.50. The van der Waals surface area contributed by atoms with Crippen molar-refractivity contribution in [2.75, 3.05) is 0 Å². The van der Waals surface area contributed by atoms with Crippen LogP contribution in [0.25, 0.3) is 0 Å². The van der Waals surface area contributed by atoms with Gasteiger partial charge in [-0.1, -0.05) is 0 Å². The molecule has 0 N–H and O–H groups in total. The largest absolute Gasteiger partial charge is 0.479 e. The van der Waals surface area contributed by atoms with Gasteiger partial charge in [0.1, 0.15) is 11.4 Å². The van der Waals surface area contributed by atoms with Crippen LogP contribution in [0.3, 0.4) is 0 Å². The zero-order chi connectivity index (χ0) is 15.5. The van der Waals surface area contributed by atoms with Gasteiger partial charge in [0.05, 0.1) is 4.92 Å². The normalized spacial score (nSPS) is 12.7. The standard InChI is InChI=1S/C14H19NO5/c1-9-8-11(15(17)18)6-7-12(9)19-10(2)13(16)20-14(3,4)5/h6-8,10H,1-5H3. The molecule has 1 rings (SSSR count). The molecule has 0 fully saturated rings. The number of ether oxygens (including phenoxy) is 2. The first-order valence-corrected chi connectivity index (χ1v) is 6.25. The Hall–Kier alpha value is -2.11. The Kier molecular flexibility index (Phi) is 4.70. The molecule has 1 atom stereocenters. The van der Waals surface area contributed by atoms with Crippen LogP contribution in [0.15, 0.2) is 18.2 Å². The van der Waals surface area contributed by atoms with Crippen LogP contribution in [0.5, 0.6) is 5.75 Å². The molecule has 0 aromatic heterocycles. The van der Waals surface area contributed by atoms with Crippen molar-refractivity contribution < 1.29 is 19.2 Å². The summed E-state index contributed by atoms with van der Waals surface area (Å²) in [7, 11) is 0. The highest BCUT2D eigenvalue weighted by atomic mass is 16.6. The van der Waals surface area contributed by atoms with Gasteiger partial charge in [0.25, 0.3) is 5.69 Å². The molecule has 0 aliphatic carbocycles. The van der Waals surface area contributed by atoms with Gasteiger partial charge in [0, 0.05) is 12.1 Å². The van der Waals surface area contributed by atoms with Gasteiger partial charge < -0.3 is 9.47 Å². The fourth-order valence-corrected chi connectivity index (χ4v) is 1.50. The average Bonchev–Trinajstić information content (AvgIpc) is 2.29. The van der Waals surface area contributed by atoms with Crippen LogP contribution in [0, 0.1) is 17.0 Å². The highest BCUT2D eigenvalue weighted by molar-refractivity contribution is 5.75. The molecule has 1 aromatic rings. The van der Waals surface area contributed by atoms with E-state index in [4.69, 9.17) is 9.47 Å². The van der Waals surface area contributed by atoms with Crippen LogP contribution in [0.4, 0.5) is 5.69 Å². The van der Waals surface area contributed by atoms with Crippen LogP contribution in [0.2, 0.25) is 0 Å². The van der Waals surface area contributed by atoms with Crippen molar-refractivity contribution in [1.82, 2.24) is 0 Å². The molecule has 0 aliphatic heterocycles. The third kappa shape index (κ3) is 4.53. The van der Waals surface area contributed by atoms with E-state index in [1.807, 2.05) is 0 Å². The predicted molar refractivity (Wildman–Crippen MR) is 73.8 cm³/mol. The number of carbonyl (C=O) groups is 1. The van der Waals surface area contributed by atoms with Crippen molar-refractivity contribution in [3.8, 4) is 5.75 Å². The molecule has 0 aliphatic rings. The third-order valence-corrected chi connectivity index (χ3v) is 2.41. The SMILES string of the molecule is Cc1cc([N+](=O)[O-])ccc1OC(C)C(=O)OC(C)(C)C. The lowest BCUT2D eigenvalue weighted by Gasteiger charge is -2.23. The molecule has 0 radical (unpaired) electrons. The number of hydrogen-bond donors (Lipinski definition) is 0. The average molecular weight is 281 g/mol. The smallest absolute Gasteiger partial charge is 0.347 e. The minimum absolute atomic E-state index is 0.0141. The van der Waals surface area contributed by atoms with E-state index in [1.54, 1.807) is 34.6 Å². The lowest BCUT2D eigenvalue weighted by Crippen LogP contribution is -2.33. The Labute approximate surface area is 117 Å². The fraction of sp³-hybridized carbons (Fsp3) is 0.500. The molecule has 6 nitrogen and oxygen atoms in total. The Morgan fingerprint density at radius 3 is 2.40 bits per heavy atom. The number of nitro benzene ring substituents is 1. The fourth-order valence-electron chi connectivity index (χ4n) is 1.50. The molecular formula is C14H19NO5. The van der Waals surface area contributed by atoms with Gasteiger partial charge in [-0.2, -0.15) is 0 Å². The number of esters is 1. The van der Waals surface area contributed by atoms with Crippen molar-refractivity contribution in [1.29, 1.82) is 0 Å². The number of hydrogen-bond acceptors (Lipinski definition) is 5. The molecule has 0 spiro atoms. The molecule has 0 saturated heterocycles. The van der Waals surface area contributed by atoms with Crippen molar-refractivity contribution in [2.24, 2.45) is 0 Å². The molecule has 1 unspecified atom stereocenters. The molecule has 0 bridgehead atoms. The molecule has 110 valence electrons. The topological polar surface area (TPSA) is 78.7 Å². The maximum atomic E-state index is 11.8. The second kappa shape index (κ2) is 5.90. The summed E-state index contributed by atoms with van der Waals surface area (Å²) in [6.07, 6.45) is -0.783. The molecule has 0 amide bonds. The summed E-state index contributed by atoms with van der Waals surface area (Å²) in [6, 6.07) is 4.22. The summed E-state index contributed by atoms with van der Waals surface area (Å²) in [5.41, 5.74) is -0.00598. The lowest BCUT2D eigenvalue weighted by molar-refractivity contribution is -0.384. The minimum Gasteiger partial charge on any atom is -0.479 e. The maximum Gasteiger partial charge on any atom is 0.347 e. The molecule has 0 saturated carbocycles. The van der Waals surface area contributed by atoms with Gasteiger partial charge in [-0.25, -0.2) is 4.79 Å². The first kappa shape index (κ1) is 15.9.